The molecular formula is C10H8ClN2O5-. The van der Waals surface area contributed by atoms with E-state index in [1.807, 2.05) is 0 Å². The van der Waals surface area contributed by atoms with E-state index in [0.717, 1.165) is 6.07 Å². The molecule has 1 aromatic carbocycles. The number of amides is 1. The van der Waals surface area contributed by atoms with Crippen molar-refractivity contribution >= 4 is 34.9 Å². The Labute approximate surface area is 107 Å². The van der Waals surface area contributed by atoms with Crippen LogP contribution < -0.4 is 10.4 Å². The van der Waals surface area contributed by atoms with Gasteiger partial charge in [-0.15, -0.1) is 0 Å². The summed E-state index contributed by atoms with van der Waals surface area (Å²) in [7, 11) is 0. The lowest BCUT2D eigenvalue weighted by atomic mass is 10.2. The van der Waals surface area contributed by atoms with Crippen molar-refractivity contribution in [2.45, 2.75) is 12.8 Å². The Morgan fingerprint density at radius 1 is 1.33 bits per heavy atom. The first-order valence-electron chi connectivity index (χ1n) is 4.84. The Hall–Kier alpha value is -2.15. The zero-order valence-corrected chi connectivity index (χ0v) is 9.77. The average molecular weight is 272 g/mol. The number of nitrogens with zero attached hydrogens (tertiary/aromatic N) is 1. The molecule has 0 unspecified atom stereocenters. The number of nitro groups is 1. The van der Waals surface area contributed by atoms with E-state index in [-0.39, 0.29) is 22.8 Å². The standard InChI is InChI=1S/C10H9ClN2O5/c11-7-2-1-6(5-8(7)13(17)18)12-9(14)3-4-10(15)16/h1-2,5H,3-4H2,(H,12,14)(H,15,16)/p-1. The number of carbonyl (C=O) groups excluding carboxylic acids is 2. The van der Waals surface area contributed by atoms with Gasteiger partial charge in [0, 0.05) is 24.1 Å². The Balaban J connectivity index is 2.73. The molecule has 1 amide bonds. The number of aliphatic carboxylic acids is 1. The van der Waals surface area contributed by atoms with Crippen LogP contribution in [0.3, 0.4) is 0 Å². The van der Waals surface area contributed by atoms with Gasteiger partial charge in [-0.2, -0.15) is 0 Å². The van der Waals surface area contributed by atoms with E-state index in [2.05, 4.69) is 5.32 Å². The molecule has 0 radical (unpaired) electrons. The van der Waals surface area contributed by atoms with Crippen LogP contribution in [0.5, 0.6) is 0 Å². The largest absolute Gasteiger partial charge is 0.550 e. The number of halogens is 1. The van der Waals surface area contributed by atoms with Crippen LogP contribution >= 0.6 is 11.6 Å². The molecule has 0 aliphatic heterocycles. The van der Waals surface area contributed by atoms with Gasteiger partial charge < -0.3 is 15.2 Å². The number of carboxylic acids is 1. The van der Waals surface area contributed by atoms with Crippen LogP contribution in [0, 0.1) is 10.1 Å². The third kappa shape index (κ3) is 4.02. The number of nitro benzene ring substituents is 1. The minimum atomic E-state index is -1.34. The second kappa shape index (κ2) is 5.97. The van der Waals surface area contributed by atoms with Crippen molar-refractivity contribution < 1.29 is 19.6 Å². The third-order valence-corrected chi connectivity index (χ3v) is 2.30. The first-order chi connectivity index (χ1) is 8.40. The van der Waals surface area contributed by atoms with Crippen LogP contribution in [-0.4, -0.2) is 16.8 Å². The fourth-order valence-corrected chi connectivity index (χ4v) is 1.36. The highest BCUT2D eigenvalue weighted by Gasteiger charge is 2.13. The number of carbonyl (C=O) groups is 2. The Morgan fingerprint density at radius 3 is 2.56 bits per heavy atom. The van der Waals surface area contributed by atoms with Crippen molar-refractivity contribution in [2.75, 3.05) is 5.32 Å². The van der Waals surface area contributed by atoms with Gasteiger partial charge in [0.25, 0.3) is 5.69 Å². The lowest BCUT2D eigenvalue weighted by Gasteiger charge is -2.06. The molecule has 1 rings (SSSR count). The maximum Gasteiger partial charge on any atom is 0.289 e. The van der Waals surface area contributed by atoms with Crippen molar-refractivity contribution in [3.05, 3.63) is 33.3 Å². The van der Waals surface area contributed by atoms with Crippen molar-refractivity contribution in [3.63, 3.8) is 0 Å². The number of rotatable bonds is 5. The van der Waals surface area contributed by atoms with Crippen LogP contribution in [0.25, 0.3) is 0 Å². The summed E-state index contributed by atoms with van der Waals surface area (Å²) in [6.07, 6.45) is -0.680. The van der Waals surface area contributed by atoms with Crippen molar-refractivity contribution in [1.82, 2.24) is 0 Å². The predicted molar refractivity (Wildman–Crippen MR) is 61.0 cm³/mol. The van der Waals surface area contributed by atoms with Gasteiger partial charge in [0.05, 0.1) is 4.92 Å². The third-order valence-electron chi connectivity index (χ3n) is 1.98. The fraction of sp³-hybridized carbons (Fsp3) is 0.200. The maximum atomic E-state index is 11.3. The lowest BCUT2D eigenvalue weighted by molar-refractivity contribution is -0.384. The van der Waals surface area contributed by atoms with Crippen LogP contribution in [0.4, 0.5) is 11.4 Å². The maximum absolute atomic E-state index is 11.3. The van der Waals surface area contributed by atoms with Gasteiger partial charge in [0.2, 0.25) is 5.91 Å². The summed E-state index contributed by atoms with van der Waals surface area (Å²) in [4.78, 5) is 31.3. The molecule has 0 saturated heterocycles. The highest BCUT2D eigenvalue weighted by Crippen LogP contribution is 2.27. The molecule has 0 fully saturated rings. The number of carboxylic acid groups (broad SMARTS) is 1. The normalized spacial score (nSPS) is 9.83. The van der Waals surface area contributed by atoms with E-state index in [9.17, 15) is 24.8 Å². The van der Waals surface area contributed by atoms with E-state index in [1.165, 1.54) is 12.1 Å². The molecule has 0 saturated carbocycles. The molecule has 0 atom stereocenters. The van der Waals surface area contributed by atoms with E-state index in [1.54, 1.807) is 0 Å². The van der Waals surface area contributed by atoms with Crippen molar-refractivity contribution in [3.8, 4) is 0 Å². The van der Waals surface area contributed by atoms with E-state index < -0.39 is 23.2 Å². The van der Waals surface area contributed by atoms with Gasteiger partial charge in [0.15, 0.2) is 0 Å². The molecule has 18 heavy (non-hydrogen) atoms. The van der Waals surface area contributed by atoms with E-state index >= 15 is 0 Å². The SMILES string of the molecule is O=C([O-])CCC(=O)Nc1ccc(Cl)c([N+](=O)[O-])c1. The molecule has 1 aromatic rings. The first-order valence-corrected chi connectivity index (χ1v) is 5.21. The number of nitrogens with one attached hydrogen (secondary N) is 1. The van der Waals surface area contributed by atoms with Crippen LogP contribution in [-0.2, 0) is 9.59 Å². The summed E-state index contributed by atoms with van der Waals surface area (Å²) in [5.74, 6) is -1.91. The molecular weight excluding hydrogens is 264 g/mol. The highest BCUT2D eigenvalue weighted by atomic mass is 35.5. The Kier molecular flexibility index (Phi) is 4.61. The smallest absolute Gasteiger partial charge is 0.289 e. The molecule has 7 nitrogen and oxygen atoms in total. The minimum Gasteiger partial charge on any atom is -0.550 e. The van der Waals surface area contributed by atoms with E-state index in [4.69, 9.17) is 11.6 Å². The zero-order chi connectivity index (χ0) is 13.7. The molecule has 0 aliphatic rings. The molecule has 0 spiro atoms. The molecule has 0 aliphatic carbocycles. The van der Waals surface area contributed by atoms with Crippen molar-refractivity contribution in [1.29, 1.82) is 0 Å². The predicted octanol–water partition coefficient (Wildman–Crippen LogP) is 0.717. The number of anilines is 1. The molecule has 0 heterocycles. The monoisotopic (exact) mass is 271 g/mol. The van der Waals surface area contributed by atoms with Gasteiger partial charge in [-0.05, 0) is 18.6 Å². The van der Waals surface area contributed by atoms with Gasteiger partial charge in [-0.3, -0.25) is 14.9 Å². The van der Waals surface area contributed by atoms with Gasteiger partial charge in [0.1, 0.15) is 5.02 Å². The zero-order valence-electron chi connectivity index (χ0n) is 9.01. The summed E-state index contributed by atoms with van der Waals surface area (Å²) in [6, 6.07) is 3.75. The molecule has 0 bridgehead atoms. The van der Waals surface area contributed by atoms with Crippen molar-refractivity contribution in [2.24, 2.45) is 0 Å². The number of hydrogen-bond acceptors (Lipinski definition) is 5. The Morgan fingerprint density at radius 2 is 2.00 bits per heavy atom. The van der Waals surface area contributed by atoms with Crippen LogP contribution in [0.2, 0.25) is 5.02 Å². The topological polar surface area (TPSA) is 112 Å². The second-order valence-electron chi connectivity index (χ2n) is 3.34. The van der Waals surface area contributed by atoms with Gasteiger partial charge >= 0.3 is 0 Å². The molecule has 0 aromatic heterocycles. The molecule has 1 N–H and O–H groups in total. The number of hydrogen-bond donors (Lipinski definition) is 1. The van der Waals surface area contributed by atoms with Crippen LogP contribution in [0.15, 0.2) is 18.2 Å². The summed E-state index contributed by atoms with van der Waals surface area (Å²) in [6.45, 7) is 0. The minimum absolute atomic E-state index is 0.0484. The number of benzene rings is 1. The fourth-order valence-electron chi connectivity index (χ4n) is 1.17. The average Bonchev–Trinajstić information content (AvgIpc) is 2.28. The second-order valence-corrected chi connectivity index (χ2v) is 3.75. The summed E-state index contributed by atoms with van der Waals surface area (Å²) in [5, 5.41) is 23.0. The van der Waals surface area contributed by atoms with E-state index in [0.29, 0.717) is 0 Å². The first kappa shape index (κ1) is 13.9. The summed E-state index contributed by atoms with van der Waals surface area (Å²) in [5.41, 5.74) is -0.163. The quantitative estimate of drug-likeness (QED) is 0.626. The van der Waals surface area contributed by atoms with Gasteiger partial charge in [-0.1, -0.05) is 11.6 Å². The van der Waals surface area contributed by atoms with Gasteiger partial charge in [-0.25, -0.2) is 0 Å². The lowest BCUT2D eigenvalue weighted by Crippen LogP contribution is -2.24. The highest BCUT2D eigenvalue weighted by molar-refractivity contribution is 6.32. The molecule has 8 heteroatoms. The summed E-state index contributed by atoms with van der Waals surface area (Å²) >= 11 is 5.59. The molecule has 96 valence electrons. The summed E-state index contributed by atoms with van der Waals surface area (Å²) < 4.78 is 0. The van der Waals surface area contributed by atoms with Crippen LogP contribution in [0.1, 0.15) is 12.8 Å². The Bertz CT molecular complexity index is 503.